The van der Waals surface area contributed by atoms with Gasteiger partial charge in [0.2, 0.25) is 0 Å². The van der Waals surface area contributed by atoms with Crippen molar-refractivity contribution in [3.05, 3.63) is 16.1 Å². The lowest BCUT2D eigenvalue weighted by molar-refractivity contribution is 0.173. The molecule has 25 heavy (non-hydrogen) atoms. The van der Waals surface area contributed by atoms with Crippen molar-refractivity contribution in [3.63, 3.8) is 0 Å². The molecule has 0 aromatic carbocycles. The zero-order chi connectivity index (χ0) is 17.9. The van der Waals surface area contributed by atoms with E-state index in [0.29, 0.717) is 18.6 Å². The number of nitrogens with zero attached hydrogens (tertiary/aromatic N) is 3. The highest BCUT2D eigenvalue weighted by atomic mass is 127. The van der Waals surface area contributed by atoms with Gasteiger partial charge in [0.05, 0.1) is 6.54 Å². The van der Waals surface area contributed by atoms with E-state index in [1.165, 1.54) is 4.88 Å². The molecular formula is C18H36IN5S. The van der Waals surface area contributed by atoms with Crippen molar-refractivity contribution in [1.29, 1.82) is 0 Å². The van der Waals surface area contributed by atoms with E-state index in [1.807, 2.05) is 6.20 Å². The van der Waals surface area contributed by atoms with E-state index in [1.54, 1.807) is 11.3 Å². The highest BCUT2D eigenvalue weighted by Crippen LogP contribution is 2.13. The van der Waals surface area contributed by atoms with Crippen LogP contribution in [-0.2, 0) is 13.0 Å². The summed E-state index contributed by atoms with van der Waals surface area (Å²) in [4.78, 5) is 12.9. The van der Waals surface area contributed by atoms with Crippen LogP contribution in [0.5, 0.6) is 0 Å². The van der Waals surface area contributed by atoms with Crippen LogP contribution in [0.2, 0.25) is 0 Å². The van der Waals surface area contributed by atoms with Crippen molar-refractivity contribution >= 4 is 41.3 Å². The van der Waals surface area contributed by atoms with Crippen molar-refractivity contribution in [1.82, 2.24) is 20.5 Å². The Hall–Kier alpha value is -0.410. The minimum atomic E-state index is 0. The third-order valence-electron chi connectivity index (χ3n) is 3.88. The molecule has 0 saturated carbocycles. The summed E-state index contributed by atoms with van der Waals surface area (Å²) in [6.07, 6.45) is 4.11. The van der Waals surface area contributed by atoms with E-state index in [2.05, 4.69) is 67.1 Å². The van der Waals surface area contributed by atoms with E-state index in [9.17, 15) is 0 Å². The molecule has 0 atom stereocenters. The molecule has 7 heteroatoms. The summed E-state index contributed by atoms with van der Waals surface area (Å²) in [5.41, 5.74) is 0. The van der Waals surface area contributed by atoms with Gasteiger partial charge < -0.3 is 10.6 Å². The van der Waals surface area contributed by atoms with Crippen LogP contribution in [0.25, 0.3) is 0 Å². The predicted molar refractivity (Wildman–Crippen MR) is 121 cm³/mol. The van der Waals surface area contributed by atoms with E-state index in [0.717, 1.165) is 43.4 Å². The summed E-state index contributed by atoms with van der Waals surface area (Å²) in [6, 6.07) is 1.18. The number of hydrogen-bond acceptors (Lipinski definition) is 4. The molecule has 5 nitrogen and oxygen atoms in total. The van der Waals surface area contributed by atoms with Gasteiger partial charge in [-0.25, -0.2) is 9.98 Å². The third-order valence-corrected chi connectivity index (χ3v) is 5.01. The van der Waals surface area contributed by atoms with Gasteiger partial charge in [-0.2, -0.15) is 0 Å². The molecule has 146 valence electrons. The lowest BCUT2D eigenvalue weighted by Gasteiger charge is -2.30. The summed E-state index contributed by atoms with van der Waals surface area (Å²) in [6.45, 7) is 16.8. The van der Waals surface area contributed by atoms with Crippen LogP contribution >= 0.6 is 35.3 Å². The Morgan fingerprint density at radius 2 is 1.88 bits per heavy atom. The van der Waals surface area contributed by atoms with Crippen LogP contribution in [0.15, 0.2) is 11.2 Å². The number of halogens is 1. The quantitative estimate of drug-likeness (QED) is 0.231. The van der Waals surface area contributed by atoms with Gasteiger partial charge in [-0.1, -0.05) is 6.92 Å². The minimum Gasteiger partial charge on any atom is -0.357 e. The van der Waals surface area contributed by atoms with Gasteiger partial charge in [0.1, 0.15) is 5.01 Å². The first-order valence-corrected chi connectivity index (χ1v) is 10.0. The number of hydrogen-bond donors (Lipinski definition) is 2. The Bertz CT molecular complexity index is 480. The van der Waals surface area contributed by atoms with E-state index in [-0.39, 0.29) is 24.0 Å². The standard InChI is InChI=1S/C18H35N5S.HI/c1-7-16-12-21-17(24-16)13-22-18(19-8-2)20-10-9-11-23(14(3)4)15(5)6;/h12,14-15H,7-11,13H2,1-6H3,(H2,19,20,22);1H. The number of guanidine groups is 1. The summed E-state index contributed by atoms with van der Waals surface area (Å²) in [5.74, 6) is 0.881. The molecule has 1 aromatic rings. The number of aryl methyl sites for hydroxylation is 1. The van der Waals surface area contributed by atoms with Crippen molar-refractivity contribution in [3.8, 4) is 0 Å². The van der Waals surface area contributed by atoms with Gasteiger partial charge in [0.25, 0.3) is 0 Å². The maximum Gasteiger partial charge on any atom is 0.191 e. The fraction of sp³-hybridized carbons (Fsp3) is 0.778. The summed E-state index contributed by atoms with van der Waals surface area (Å²) < 4.78 is 0. The molecule has 1 heterocycles. The molecule has 1 aromatic heterocycles. The Morgan fingerprint density at radius 3 is 2.40 bits per heavy atom. The lowest BCUT2D eigenvalue weighted by Crippen LogP contribution is -2.41. The van der Waals surface area contributed by atoms with Crippen molar-refractivity contribution in [2.24, 2.45) is 4.99 Å². The maximum atomic E-state index is 4.65. The Morgan fingerprint density at radius 1 is 1.20 bits per heavy atom. The molecule has 0 aliphatic carbocycles. The van der Waals surface area contributed by atoms with E-state index >= 15 is 0 Å². The number of aromatic nitrogens is 1. The number of aliphatic imine (C=N–C) groups is 1. The van der Waals surface area contributed by atoms with Gasteiger partial charge in [0.15, 0.2) is 5.96 Å². The Labute approximate surface area is 175 Å². The Kier molecular flexibility index (Phi) is 13.5. The van der Waals surface area contributed by atoms with Crippen molar-refractivity contribution in [2.75, 3.05) is 19.6 Å². The van der Waals surface area contributed by atoms with E-state index < -0.39 is 0 Å². The zero-order valence-corrected chi connectivity index (χ0v) is 19.8. The Balaban J connectivity index is 0.00000576. The smallest absolute Gasteiger partial charge is 0.191 e. The molecule has 0 unspecified atom stereocenters. The molecule has 0 fully saturated rings. The minimum absolute atomic E-state index is 0. The summed E-state index contributed by atoms with van der Waals surface area (Å²) >= 11 is 1.75. The van der Waals surface area contributed by atoms with Gasteiger partial charge in [-0.3, -0.25) is 4.90 Å². The van der Waals surface area contributed by atoms with Crippen LogP contribution in [-0.4, -0.2) is 47.6 Å². The van der Waals surface area contributed by atoms with Gasteiger partial charge in [0, 0.05) is 42.8 Å². The lowest BCUT2D eigenvalue weighted by atomic mass is 10.2. The second-order valence-electron chi connectivity index (χ2n) is 6.47. The number of nitrogens with one attached hydrogen (secondary N) is 2. The molecular weight excluding hydrogens is 445 g/mol. The van der Waals surface area contributed by atoms with Gasteiger partial charge in [-0.05, 0) is 47.5 Å². The van der Waals surface area contributed by atoms with Gasteiger partial charge in [-0.15, -0.1) is 35.3 Å². The largest absolute Gasteiger partial charge is 0.357 e. The molecule has 2 N–H and O–H groups in total. The van der Waals surface area contributed by atoms with Crippen LogP contribution in [0.4, 0.5) is 0 Å². The number of rotatable bonds is 10. The van der Waals surface area contributed by atoms with E-state index in [4.69, 9.17) is 0 Å². The van der Waals surface area contributed by atoms with Crippen LogP contribution in [0.1, 0.15) is 57.8 Å². The highest BCUT2D eigenvalue weighted by molar-refractivity contribution is 14.0. The second kappa shape index (κ2) is 13.7. The molecule has 0 saturated heterocycles. The first-order valence-electron chi connectivity index (χ1n) is 9.19. The van der Waals surface area contributed by atoms with Crippen LogP contribution < -0.4 is 10.6 Å². The SMILES string of the molecule is CCNC(=NCc1ncc(CC)s1)NCCCN(C(C)C)C(C)C.I. The second-order valence-corrected chi connectivity index (χ2v) is 7.67. The molecule has 0 spiro atoms. The topological polar surface area (TPSA) is 52.6 Å². The number of thiazole rings is 1. The summed E-state index contributed by atoms with van der Waals surface area (Å²) in [5, 5.41) is 7.82. The molecule has 1 rings (SSSR count). The van der Waals surface area contributed by atoms with Crippen molar-refractivity contribution < 1.29 is 0 Å². The maximum absolute atomic E-state index is 4.65. The van der Waals surface area contributed by atoms with Gasteiger partial charge >= 0.3 is 0 Å². The molecule has 0 aliphatic rings. The fourth-order valence-electron chi connectivity index (χ4n) is 2.65. The normalized spacial score (nSPS) is 12.0. The third kappa shape index (κ3) is 9.75. The predicted octanol–water partition coefficient (Wildman–Crippen LogP) is 3.89. The molecule has 0 radical (unpaired) electrons. The average Bonchev–Trinajstić information content (AvgIpc) is 2.99. The average molecular weight is 481 g/mol. The summed E-state index contributed by atoms with van der Waals surface area (Å²) in [7, 11) is 0. The molecule has 0 aliphatic heterocycles. The zero-order valence-electron chi connectivity index (χ0n) is 16.6. The molecule has 0 amide bonds. The monoisotopic (exact) mass is 481 g/mol. The van der Waals surface area contributed by atoms with Crippen LogP contribution in [0.3, 0.4) is 0 Å². The first-order chi connectivity index (χ1) is 11.5. The highest BCUT2D eigenvalue weighted by Gasteiger charge is 2.12. The molecule has 0 bridgehead atoms. The van der Waals surface area contributed by atoms with Crippen molar-refractivity contribution in [2.45, 2.75) is 73.0 Å². The fourth-order valence-corrected chi connectivity index (χ4v) is 3.44. The van der Waals surface area contributed by atoms with Crippen LogP contribution in [0, 0.1) is 0 Å². The first kappa shape index (κ1) is 24.6.